The van der Waals surface area contributed by atoms with Crippen molar-refractivity contribution in [2.45, 2.75) is 12.7 Å². The van der Waals surface area contributed by atoms with Crippen LogP contribution >= 0.6 is 0 Å². The second-order valence-electron chi connectivity index (χ2n) is 5.86. The molecule has 138 valence electrons. The van der Waals surface area contributed by atoms with E-state index in [2.05, 4.69) is 20.1 Å². The molecule has 8 heteroatoms. The van der Waals surface area contributed by atoms with E-state index in [0.717, 1.165) is 22.6 Å². The lowest BCUT2D eigenvalue weighted by molar-refractivity contribution is -0.0498. The Hall–Kier alpha value is -3.42. The van der Waals surface area contributed by atoms with Gasteiger partial charge in [-0.1, -0.05) is 24.3 Å². The van der Waals surface area contributed by atoms with E-state index < -0.39 is 6.61 Å². The van der Waals surface area contributed by atoms with Gasteiger partial charge in [0.2, 0.25) is 5.95 Å². The third kappa shape index (κ3) is 3.46. The molecule has 27 heavy (non-hydrogen) atoms. The average Bonchev–Trinajstić information content (AvgIpc) is 3.16. The van der Waals surface area contributed by atoms with Crippen molar-refractivity contribution in [2.24, 2.45) is 0 Å². The zero-order valence-corrected chi connectivity index (χ0v) is 14.3. The molecule has 0 fully saturated rings. The van der Waals surface area contributed by atoms with Gasteiger partial charge in [-0.2, -0.15) is 18.9 Å². The van der Waals surface area contributed by atoms with Gasteiger partial charge < -0.3 is 14.8 Å². The van der Waals surface area contributed by atoms with Crippen LogP contribution < -0.4 is 14.8 Å². The summed E-state index contributed by atoms with van der Waals surface area (Å²) >= 11 is 0. The Morgan fingerprint density at radius 2 is 1.93 bits per heavy atom. The highest BCUT2D eigenvalue weighted by Crippen LogP contribution is 2.33. The van der Waals surface area contributed by atoms with Crippen molar-refractivity contribution in [3.8, 4) is 11.5 Å². The molecule has 1 aliphatic rings. The summed E-state index contributed by atoms with van der Waals surface area (Å²) in [7, 11) is 1.62. The van der Waals surface area contributed by atoms with Crippen LogP contribution in [0.4, 0.5) is 14.7 Å². The van der Waals surface area contributed by atoms with Crippen molar-refractivity contribution in [1.82, 2.24) is 14.8 Å². The van der Waals surface area contributed by atoms with Crippen LogP contribution in [0.1, 0.15) is 17.2 Å². The van der Waals surface area contributed by atoms with Crippen LogP contribution in [-0.2, 0) is 0 Å². The number of nitrogens with zero attached hydrogens (tertiary/aromatic N) is 3. The van der Waals surface area contributed by atoms with Gasteiger partial charge >= 0.3 is 6.61 Å². The van der Waals surface area contributed by atoms with Gasteiger partial charge in [0.05, 0.1) is 7.11 Å². The number of allylic oxidation sites excluding steroid dienone is 1. The number of ether oxygens (including phenoxy) is 2. The Kier molecular flexibility index (Phi) is 4.45. The second-order valence-corrected chi connectivity index (χ2v) is 5.86. The third-order valence-electron chi connectivity index (χ3n) is 4.24. The zero-order valence-electron chi connectivity index (χ0n) is 14.3. The topological polar surface area (TPSA) is 61.2 Å². The van der Waals surface area contributed by atoms with Crippen LogP contribution in [0.15, 0.2) is 60.9 Å². The Balaban J connectivity index is 1.71. The number of fused-ring (bicyclic) bond motifs is 1. The van der Waals surface area contributed by atoms with Crippen LogP contribution in [0, 0.1) is 0 Å². The first-order valence-corrected chi connectivity index (χ1v) is 8.21. The van der Waals surface area contributed by atoms with Crippen LogP contribution in [0.3, 0.4) is 0 Å². The summed E-state index contributed by atoms with van der Waals surface area (Å²) in [6, 6.07) is 13.9. The molecule has 0 amide bonds. The van der Waals surface area contributed by atoms with E-state index in [4.69, 9.17) is 4.74 Å². The Morgan fingerprint density at radius 1 is 1.11 bits per heavy atom. The highest BCUT2D eigenvalue weighted by molar-refractivity contribution is 5.77. The maximum Gasteiger partial charge on any atom is 0.387 e. The number of anilines is 1. The van der Waals surface area contributed by atoms with Crippen LogP contribution in [0.5, 0.6) is 11.5 Å². The molecule has 0 saturated carbocycles. The molecular weight excluding hydrogens is 354 g/mol. The van der Waals surface area contributed by atoms with Gasteiger partial charge in [0, 0.05) is 11.3 Å². The summed E-state index contributed by atoms with van der Waals surface area (Å²) in [5.41, 5.74) is 2.66. The number of hydrogen-bond acceptors (Lipinski definition) is 5. The molecule has 1 aromatic heterocycles. The van der Waals surface area contributed by atoms with Crippen molar-refractivity contribution < 1.29 is 18.3 Å². The number of methoxy groups -OCH3 is 1. The quantitative estimate of drug-likeness (QED) is 0.737. The molecular formula is C19H16F2N4O2. The minimum absolute atomic E-state index is 0.110. The van der Waals surface area contributed by atoms with Crippen molar-refractivity contribution in [3.63, 3.8) is 0 Å². The molecule has 2 heterocycles. The SMILES string of the molecule is COc1cccc(C2=CC(c3ccc(OC(F)F)cc3)n3ncnc3N2)c1. The standard InChI is InChI=1S/C19H16F2N4O2/c1-26-15-4-2-3-13(9-15)16-10-17(25-19(24-16)22-11-23-25)12-5-7-14(8-6-12)27-18(20)21/h2-11,17-18H,1H3,(H,22,23,24). The Morgan fingerprint density at radius 3 is 2.67 bits per heavy atom. The molecule has 1 aliphatic heterocycles. The first kappa shape index (κ1) is 17.0. The maximum atomic E-state index is 12.4. The second kappa shape index (κ2) is 7.06. The number of halogens is 2. The fourth-order valence-electron chi connectivity index (χ4n) is 2.98. The molecule has 0 saturated heterocycles. The highest BCUT2D eigenvalue weighted by Gasteiger charge is 2.23. The lowest BCUT2D eigenvalue weighted by Crippen LogP contribution is -2.20. The first-order valence-electron chi connectivity index (χ1n) is 8.21. The van der Waals surface area contributed by atoms with Crippen LogP contribution in [-0.4, -0.2) is 28.5 Å². The largest absolute Gasteiger partial charge is 0.497 e. The normalized spacial score (nSPS) is 15.7. The van der Waals surface area contributed by atoms with Gasteiger partial charge in [0.25, 0.3) is 0 Å². The summed E-state index contributed by atoms with van der Waals surface area (Å²) in [6.07, 6.45) is 3.46. The minimum Gasteiger partial charge on any atom is -0.497 e. The minimum atomic E-state index is -2.85. The molecule has 4 rings (SSSR count). The Bertz CT molecular complexity index is 970. The molecule has 1 N–H and O–H groups in total. The first-order chi connectivity index (χ1) is 13.1. The summed E-state index contributed by atoms with van der Waals surface area (Å²) in [5.74, 6) is 1.44. The summed E-state index contributed by atoms with van der Waals surface area (Å²) < 4.78 is 36.2. The third-order valence-corrected chi connectivity index (χ3v) is 4.24. The van der Waals surface area contributed by atoms with E-state index in [-0.39, 0.29) is 11.8 Å². The van der Waals surface area contributed by atoms with Crippen molar-refractivity contribution in [3.05, 3.63) is 72.1 Å². The zero-order chi connectivity index (χ0) is 18.8. The van der Waals surface area contributed by atoms with Crippen LogP contribution in [0.2, 0.25) is 0 Å². The molecule has 0 spiro atoms. The van der Waals surface area contributed by atoms with Crippen LogP contribution in [0.25, 0.3) is 5.70 Å². The van der Waals surface area contributed by atoms with Gasteiger partial charge in [0.1, 0.15) is 23.9 Å². The number of rotatable bonds is 5. The van der Waals surface area contributed by atoms with Gasteiger partial charge in [-0.3, -0.25) is 0 Å². The van der Waals surface area contributed by atoms with E-state index >= 15 is 0 Å². The number of aromatic nitrogens is 3. The fourth-order valence-corrected chi connectivity index (χ4v) is 2.98. The lowest BCUT2D eigenvalue weighted by Gasteiger charge is -2.24. The average molecular weight is 370 g/mol. The summed E-state index contributed by atoms with van der Waals surface area (Å²) in [4.78, 5) is 4.25. The summed E-state index contributed by atoms with van der Waals surface area (Å²) in [5, 5.41) is 7.52. The van der Waals surface area contributed by atoms with Gasteiger partial charge in [0.15, 0.2) is 0 Å². The lowest BCUT2D eigenvalue weighted by atomic mass is 10.0. The van der Waals surface area contributed by atoms with Gasteiger partial charge in [-0.05, 0) is 35.9 Å². The number of hydrogen-bond donors (Lipinski definition) is 1. The maximum absolute atomic E-state index is 12.4. The monoisotopic (exact) mass is 370 g/mol. The smallest absolute Gasteiger partial charge is 0.387 e. The highest BCUT2D eigenvalue weighted by atomic mass is 19.3. The van der Waals surface area contributed by atoms with Crippen molar-refractivity contribution in [2.75, 3.05) is 12.4 Å². The number of alkyl halides is 2. The van der Waals surface area contributed by atoms with Crippen molar-refractivity contribution in [1.29, 1.82) is 0 Å². The molecule has 0 bridgehead atoms. The van der Waals surface area contributed by atoms with E-state index in [9.17, 15) is 8.78 Å². The van der Waals surface area contributed by atoms with E-state index in [0.29, 0.717) is 5.95 Å². The molecule has 1 unspecified atom stereocenters. The van der Waals surface area contributed by atoms with Gasteiger partial charge in [-0.25, -0.2) is 4.68 Å². The Labute approximate surface area is 154 Å². The van der Waals surface area contributed by atoms with Crippen molar-refractivity contribution >= 4 is 11.6 Å². The van der Waals surface area contributed by atoms with E-state index in [1.54, 1.807) is 23.9 Å². The predicted molar refractivity (Wildman–Crippen MR) is 95.8 cm³/mol. The predicted octanol–water partition coefficient (Wildman–Crippen LogP) is 3.94. The molecule has 6 nitrogen and oxygen atoms in total. The van der Waals surface area contributed by atoms with E-state index in [1.807, 2.05) is 30.3 Å². The molecule has 0 radical (unpaired) electrons. The molecule has 0 aliphatic carbocycles. The van der Waals surface area contributed by atoms with Gasteiger partial charge in [-0.15, -0.1) is 0 Å². The molecule has 3 aromatic rings. The summed E-state index contributed by atoms with van der Waals surface area (Å²) in [6.45, 7) is -2.85. The molecule has 1 atom stereocenters. The number of benzene rings is 2. The fraction of sp³-hybridized carbons (Fsp3) is 0.158. The molecule has 2 aromatic carbocycles. The van der Waals surface area contributed by atoms with E-state index in [1.165, 1.54) is 18.5 Å². The number of nitrogens with one attached hydrogen (secondary N) is 1.